The summed E-state index contributed by atoms with van der Waals surface area (Å²) < 4.78 is 9.33. The fourth-order valence-corrected chi connectivity index (χ4v) is 3.59. The van der Waals surface area contributed by atoms with E-state index in [1.54, 1.807) is 11.9 Å². The van der Waals surface area contributed by atoms with Gasteiger partial charge in [-0.2, -0.15) is 0 Å². The molecule has 1 heterocycles. The Hall–Kier alpha value is -2.39. The van der Waals surface area contributed by atoms with E-state index in [0.717, 1.165) is 23.7 Å². The van der Waals surface area contributed by atoms with Gasteiger partial charge in [-0.3, -0.25) is 0 Å². The summed E-state index contributed by atoms with van der Waals surface area (Å²) >= 11 is 1.78. The molecule has 0 bridgehead atoms. The molecule has 3 heteroatoms. The lowest BCUT2D eigenvalue weighted by Crippen LogP contribution is -2.05. The Morgan fingerprint density at radius 1 is 0.783 bits per heavy atom. The largest absolute Gasteiger partial charge is 0.457 e. The second-order valence-corrected chi connectivity index (χ2v) is 6.38. The maximum atomic E-state index is 5.86. The standard InChI is InChI=1S/C20H17NOS/c1-2-6-17(7-3-1)22-18-11-9-15(10-12-18)19-8-4-5-16-13-14-23-21-20(16)19/h1-12,21H,13-14H2. The normalized spacial score (nSPS) is 13.0. The van der Waals surface area contributed by atoms with E-state index in [2.05, 4.69) is 35.1 Å². The maximum absolute atomic E-state index is 5.86. The van der Waals surface area contributed by atoms with Crippen molar-refractivity contribution in [1.82, 2.24) is 0 Å². The molecule has 23 heavy (non-hydrogen) atoms. The van der Waals surface area contributed by atoms with Crippen molar-refractivity contribution in [2.24, 2.45) is 0 Å². The number of aryl methyl sites for hydroxylation is 1. The van der Waals surface area contributed by atoms with Crippen molar-refractivity contribution in [3.63, 3.8) is 0 Å². The molecule has 4 rings (SSSR count). The zero-order chi connectivity index (χ0) is 15.5. The zero-order valence-electron chi connectivity index (χ0n) is 12.7. The summed E-state index contributed by atoms with van der Waals surface area (Å²) in [5.74, 6) is 2.84. The highest BCUT2D eigenvalue weighted by atomic mass is 32.2. The van der Waals surface area contributed by atoms with Gasteiger partial charge in [0, 0.05) is 11.3 Å². The highest BCUT2D eigenvalue weighted by Crippen LogP contribution is 2.36. The van der Waals surface area contributed by atoms with Gasteiger partial charge in [0.2, 0.25) is 0 Å². The van der Waals surface area contributed by atoms with E-state index in [4.69, 9.17) is 4.74 Å². The summed E-state index contributed by atoms with van der Waals surface area (Å²) in [6.07, 6.45) is 1.12. The van der Waals surface area contributed by atoms with E-state index in [1.807, 2.05) is 42.5 Å². The second kappa shape index (κ2) is 6.39. The van der Waals surface area contributed by atoms with E-state index < -0.39 is 0 Å². The first kappa shape index (κ1) is 14.2. The minimum absolute atomic E-state index is 0.854. The molecule has 0 fully saturated rings. The molecule has 0 spiro atoms. The van der Waals surface area contributed by atoms with Gasteiger partial charge in [-0.15, -0.1) is 0 Å². The molecule has 1 aliphatic rings. The van der Waals surface area contributed by atoms with Crippen molar-refractivity contribution >= 4 is 17.6 Å². The second-order valence-electron chi connectivity index (χ2n) is 5.48. The van der Waals surface area contributed by atoms with Crippen molar-refractivity contribution in [2.75, 3.05) is 10.5 Å². The predicted molar refractivity (Wildman–Crippen MR) is 98.2 cm³/mol. The predicted octanol–water partition coefficient (Wildman–Crippen LogP) is 5.76. The minimum atomic E-state index is 0.854. The Morgan fingerprint density at radius 3 is 2.39 bits per heavy atom. The molecule has 0 atom stereocenters. The van der Waals surface area contributed by atoms with Crippen LogP contribution in [0.5, 0.6) is 11.5 Å². The topological polar surface area (TPSA) is 21.3 Å². The first-order valence-electron chi connectivity index (χ1n) is 7.73. The summed E-state index contributed by atoms with van der Waals surface area (Å²) in [7, 11) is 0. The molecule has 1 aliphatic heterocycles. The van der Waals surface area contributed by atoms with Crippen LogP contribution in [0.25, 0.3) is 11.1 Å². The van der Waals surface area contributed by atoms with Crippen LogP contribution in [0.15, 0.2) is 72.8 Å². The highest BCUT2D eigenvalue weighted by molar-refractivity contribution is 8.00. The highest BCUT2D eigenvalue weighted by Gasteiger charge is 2.13. The summed E-state index contributed by atoms with van der Waals surface area (Å²) in [6, 6.07) is 24.7. The third-order valence-corrected chi connectivity index (χ3v) is 4.70. The van der Waals surface area contributed by atoms with E-state index in [-0.39, 0.29) is 0 Å². The quantitative estimate of drug-likeness (QED) is 0.620. The van der Waals surface area contributed by atoms with Crippen molar-refractivity contribution in [2.45, 2.75) is 6.42 Å². The molecular formula is C20H17NOS. The smallest absolute Gasteiger partial charge is 0.127 e. The Balaban J connectivity index is 1.61. The molecule has 0 saturated heterocycles. The number of anilines is 1. The molecule has 1 N–H and O–H groups in total. The Labute approximate surface area is 140 Å². The fraction of sp³-hybridized carbons (Fsp3) is 0.100. The molecule has 3 aromatic rings. The van der Waals surface area contributed by atoms with Gasteiger partial charge in [-0.25, -0.2) is 0 Å². The van der Waals surface area contributed by atoms with Crippen molar-refractivity contribution < 1.29 is 4.74 Å². The molecule has 0 saturated carbocycles. The third-order valence-electron chi connectivity index (χ3n) is 3.94. The summed E-state index contributed by atoms with van der Waals surface area (Å²) in [5, 5.41) is 0. The molecule has 0 amide bonds. The minimum Gasteiger partial charge on any atom is -0.457 e. The van der Waals surface area contributed by atoms with Crippen LogP contribution in [-0.4, -0.2) is 5.75 Å². The number of benzene rings is 3. The molecule has 0 radical (unpaired) electrons. The number of ether oxygens (including phenoxy) is 1. The first-order valence-corrected chi connectivity index (χ1v) is 8.72. The Kier molecular flexibility index (Phi) is 3.95. The average molecular weight is 319 g/mol. The lowest BCUT2D eigenvalue weighted by molar-refractivity contribution is 0.483. The number of para-hydroxylation sites is 2. The van der Waals surface area contributed by atoms with E-state index in [9.17, 15) is 0 Å². The number of nitrogens with one attached hydrogen (secondary N) is 1. The molecule has 0 aromatic heterocycles. The van der Waals surface area contributed by atoms with Gasteiger partial charge in [0.1, 0.15) is 11.5 Å². The van der Waals surface area contributed by atoms with Crippen LogP contribution in [0.2, 0.25) is 0 Å². The third kappa shape index (κ3) is 3.06. The van der Waals surface area contributed by atoms with Crippen molar-refractivity contribution in [3.8, 4) is 22.6 Å². The molecule has 0 unspecified atom stereocenters. The summed E-state index contributed by atoms with van der Waals surface area (Å²) in [5.41, 5.74) is 5.10. The summed E-state index contributed by atoms with van der Waals surface area (Å²) in [4.78, 5) is 0. The van der Waals surface area contributed by atoms with Gasteiger partial charge in [0.15, 0.2) is 0 Å². The number of hydrogen-bond donors (Lipinski definition) is 1. The van der Waals surface area contributed by atoms with Gasteiger partial charge in [-0.1, -0.05) is 60.5 Å². The molecule has 114 valence electrons. The van der Waals surface area contributed by atoms with Crippen LogP contribution in [-0.2, 0) is 6.42 Å². The van der Waals surface area contributed by atoms with Crippen LogP contribution >= 0.6 is 11.9 Å². The van der Waals surface area contributed by atoms with Crippen LogP contribution < -0.4 is 9.46 Å². The molecular weight excluding hydrogens is 302 g/mol. The lowest BCUT2D eigenvalue weighted by atomic mass is 9.99. The van der Waals surface area contributed by atoms with Crippen LogP contribution in [0.3, 0.4) is 0 Å². The van der Waals surface area contributed by atoms with E-state index in [1.165, 1.54) is 22.4 Å². The molecule has 0 aliphatic carbocycles. The first-order chi connectivity index (χ1) is 11.4. The van der Waals surface area contributed by atoms with Crippen LogP contribution in [0.4, 0.5) is 5.69 Å². The molecule has 3 aromatic carbocycles. The number of fused-ring (bicyclic) bond motifs is 1. The SMILES string of the molecule is c1ccc(Oc2ccc(-c3cccc4c3NSCC4)cc2)cc1. The van der Waals surface area contributed by atoms with Gasteiger partial charge in [0.05, 0.1) is 5.69 Å². The molecule has 2 nitrogen and oxygen atoms in total. The van der Waals surface area contributed by atoms with E-state index >= 15 is 0 Å². The average Bonchev–Trinajstić information content (AvgIpc) is 2.63. The van der Waals surface area contributed by atoms with Gasteiger partial charge in [-0.05, 0) is 41.8 Å². The number of rotatable bonds is 3. The Bertz CT molecular complexity index is 800. The van der Waals surface area contributed by atoms with Gasteiger partial charge < -0.3 is 9.46 Å². The lowest BCUT2D eigenvalue weighted by Gasteiger charge is -2.20. The number of hydrogen-bond acceptors (Lipinski definition) is 3. The monoisotopic (exact) mass is 319 g/mol. The van der Waals surface area contributed by atoms with Crippen molar-refractivity contribution in [1.29, 1.82) is 0 Å². The zero-order valence-corrected chi connectivity index (χ0v) is 13.5. The van der Waals surface area contributed by atoms with Gasteiger partial charge in [0.25, 0.3) is 0 Å². The van der Waals surface area contributed by atoms with Crippen LogP contribution in [0.1, 0.15) is 5.56 Å². The Morgan fingerprint density at radius 2 is 1.57 bits per heavy atom. The fourth-order valence-electron chi connectivity index (χ4n) is 2.78. The van der Waals surface area contributed by atoms with Crippen LogP contribution in [0, 0.1) is 0 Å². The maximum Gasteiger partial charge on any atom is 0.127 e. The van der Waals surface area contributed by atoms with Crippen molar-refractivity contribution in [3.05, 3.63) is 78.4 Å². The van der Waals surface area contributed by atoms with Gasteiger partial charge >= 0.3 is 0 Å². The van der Waals surface area contributed by atoms with E-state index in [0.29, 0.717) is 0 Å². The summed E-state index contributed by atoms with van der Waals surface area (Å²) in [6.45, 7) is 0.